The molecule has 0 aliphatic carbocycles. The van der Waals surface area contributed by atoms with Gasteiger partial charge < -0.3 is 0 Å². The van der Waals surface area contributed by atoms with Gasteiger partial charge in [-0.05, 0) is 0 Å². The van der Waals surface area contributed by atoms with E-state index in [1.165, 1.54) is 11.1 Å². The quantitative estimate of drug-likeness (QED) is 0.576. The summed E-state index contributed by atoms with van der Waals surface area (Å²) in [5, 5.41) is 6.76. The van der Waals surface area contributed by atoms with Crippen molar-refractivity contribution in [2.75, 3.05) is 13.1 Å². The number of hydrazone groups is 1. The zero-order chi connectivity index (χ0) is 11.5. The highest BCUT2D eigenvalue weighted by atomic mass is 15.5. The van der Waals surface area contributed by atoms with Gasteiger partial charge in [-0.1, -0.05) is 60.7 Å². The summed E-state index contributed by atoms with van der Waals surface area (Å²) in [6.45, 7) is 2.15. The highest BCUT2D eigenvalue weighted by Crippen LogP contribution is 2.14. The van der Waals surface area contributed by atoms with Gasteiger partial charge in [-0.3, -0.25) is 5.01 Å². The number of benzene rings is 2. The number of hydrogen-bond donors (Lipinski definition) is 0. The van der Waals surface area contributed by atoms with Crippen molar-refractivity contribution >= 4 is 5.71 Å². The molecule has 2 aromatic carbocycles. The van der Waals surface area contributed by atoms with Gasteiger partial charge in [-0.15, -0.1) is 0 Å². The lowest BCUT2D eigenvalue weighted by Crippen LogP contribution is -2.05. The Morgan fingerprint density at radius 3 is 1.65 bits per heavy atom. The molecule has 0 radical (unpaired) electrons. The van der Waals surface area contributed by atoms with E-state index in [9.17, 15) is 0 Å². The van der Waals surface area contributed by atoms with Gasteiger partial charge in [0, 0.05) is 11.1 Å². The van der Waals surface area contributed by atoms with Crippen LogP contribution < -0.4 is 0 Å². The highest BCUT2D eigenvalue weighted by molar-refractivity contribution is 6.12. The average Bonchev–Trinajstić information content (AvgIpc) is 3.22. The maximum atomic E-state index is 4.68. The zero-order valence-corrected chi connectivity index (χ0v) is 9.58. The second-order valence-electron chi connectivity index (χ2n) is 4.13. The fourth-order valence-corrected chi connectivity index (χ4v) is 1.76. The zero-order valence-electron chi connectivity index (χ0n) is 9.58. The Kier molecular flexibility index (Phi) is 2.62. The van der Waals surface area contributed by atoms with Crippen molar-refractivity contribution < 1.29 is 0 Å². The minimum Gasteiger partial charge on any atom is -0.293 e. The molecule has 0 amide bonds. The summed E-state index contributed by atoms with van der Waals surface area (Å²) < 4.78 is 0. The van der Waals surface area contributed by atoms with Crippen molar-refractivity contribution in [1.29, 1.82) is 0 Å². The van der Waals surface area contributed by atoms with Gasteiger partial charge >= 0.3 is 0 Å². The molecule has 0 unspecified atom stereocenters. The summed E-state index contributed by atoms with van der Waals surface area (Å²) in [5.41, 5.74) is 3.40. The minimum atomic E-state index is 1.06. The third kappa shape index (κ3) is 2.36. The largest absolute Gasteiger partial charge is 0.293 e. The normalized spacial score (nSPS) is 13.3. The van der Waals surface area contributed by atoms with Crippen molar-refractivity contribution in [1.82, 2.24) is 5.01 Å². The standard InChI is InChI=1S/C15H14N2/c1-3-7-13(8-4-1)15(16-17-11-12-17)14-9-5-2-6-10-14/h1-10H,11-12H2. The number of rotatable bonds is 3. The summed E-state index contributed by atoms with van der Waals surface area (Å²) in [6.07, 6.45) is 0. The van der Waals surface area contributed by atoms with Crippen molar-refractivity contribution in [3.63, 3.8) is 0 Å². The van der Waals surface area contributed by atoms with Crippen LogP contribution in [0.5, 0.6) is 0 Å². The van der Waals surface area contributed by atoms with Gasteiger partial charge in [0.05, 0.1) is 18.8 Å². The molecule has 1 heterocycles. The lowest BCUT2D eigenvalue weighted by molar-refractivity contribution is 0.608. The molecule has 1 aliphatic heterocycles. The molecule has 2 heteroatoms. The molecule has 84 valence electrons. The van der Waals surface area contributed by atoms with E-state index in [0.717, 1.165) is 18.8 Å². The van der Waals surface area contributed by atoms with E-state index in [1.54, 1.807) is 0 Å². The van der Waals surface area contributed by atoms with Gasteiger partial charge in [0.1, 0.15) is 0 Å². The van der Waals surface area contributed by atoms with Gasteiger partial charge in [-0.25, -0.2) is 0 Å². The minimum absolute atomic E-state index is 1.06. The smallest absolute Gasteiger partial charge is 0.0976 e. The van der Waals surface area contributed by atoms with E-state index in [2.05, 4.69) is 58.6 Å². The molecule has 0 bridgehead atoms. The second kappa shape index (κ2) is 4.42. The molecule has 1 fully saturated rings. The molecular weight excluding hydrogens is 208 g/mol. The monoisotopic (exact) mass is 222 g/mol. The summed E-state index contributed by atoms with van der Waals surface area (Å²) in [7, 11) is 0. The molecule has 3 rings (SSSR count). The van der Waals surface area contributed by atoms with E-state index in [4.69, 9.17) is 0 Å². The van der Waals surface area contributed by atoms with Crippen LogP contribution in [0, 0.1) is 0 Å². The second-order valence-corrected chi connectivity index (χ2v) is 4.13. The molecule has 17 heavy (non-hydrogen) atoms. The summed E-state index contributed by atoms with van der Waals surface area (Å²) in [4.78, 5) is 0. The van der Waals surface area contributed by atoms with Crippen LogP contribution in [-0.4, -0.2) is 23.8 Å². The lowest BCUT2D eigenvalue weighted by Gasteiger charge is -2.07. The molecule has 0 atom stereocenters. The summed E-state index contributed by atoms with van der Waals surface area (Å²) in [5.74, 6) is 0. The van der Waals surface area contributed by atoms with Crippen molar-refractivity contribution in [3.05, 3.63) is 71.8 Å². The topological polar surface area (TPSA) is 15.4 Å². The molecule has 2 nitrogen and oxygen atoms in total. The van der Waals surface area contributed by atoms with Gasteiger partial charge in [0.2, 0.25) is 0 Å². The van der Waals surface area contributed by atoms with Crippen LogP contribution in [0.15, 0.2) is 65.8 Å². The third-order valence-corrected chi connectivity index (χ3v) is 2.76. The van der Waals surface area contributed by atoms with E-state index in [-0.39, 0.29) is 0 Å². The predicted molar refractivity (Wildman–Crippen MR) is 70.1 cm³/mol. The fraction of sp³-hybridized carbons (Fsp3) is 0.133. The van der Waals surface area contributed by atoms with Gasteiger partial charge in [0.25, 0.3) is 0 Å². The molecule has 0 spiro atoms. The van der Waals surface area contributed by atoms with E-state index in [1.807, 2.05) is 12.1 Å². The van der Waals surface area contributed by atoms with E-state index >= 15 is 0 Å². The summed E-state index contributed by atoms with van der Waals surface area (Å²) >= 11 is 0. The first-order valence-electron chi connectivity index (χ1n) is 5.88. The molecule has 1 aliphatic rings. The number of hydrogen-bond acceptors (Lipinski definition) is 2. The molecule has 0 aromatic heterocycles. The Labute approximate surface area is 101 Å². The van der Waals surface area contributed by atoms with Crippen molar-refractivity contribution in [3.8, 4) is 0 Å². The lowest BCUT2D eigenvalue weighted by atomic mass is 10.0. The molecule has 2 aromatic rings. The highest BCUT2D eigenvalue weighted by Gasteiger charge is 2.17. The Balaban J connectivity index is 2.04. The van der Waals surface area contributed by atoms with Gasteiger partial charge in [-0.2, -0.15) is 5.10 Å². The predicted octanol–water partition coefficient (Wildman–Crippen LogP) is 2.75. The Morgan fingerprint density at radius 2 is 1.24 bits per heavy atom. The molecule has 0 saturated carbocycles. The average molecular weight is 222 g/mol. The first-order valence-corrected chi connectivity index (χ1v) is 5.88. The SMILES string of the molecule is c1ccc(C(=NN2CC2)c2ccccc2)cc1. The van der Waals surface area contributed by atoms with Crippen molar-refractivity contribution in [2.24, 2.45) is 5.10 Å². The Hall–Kier alpha value is -2.09. The van der Waals surface area contributed by atoms with Gasteiger partial charge in [0.15, 0.2) is 0 Å². The van der Waals surface area contributed by atoms with Crippen LogP contribution in [0.3, 0.4) is 0 Å². The maximum Gasteiger partial charge on any atom is 0.0976 e. The van der Waals surface area contributed by atoms with Crippen LogP contribution in [0.25, 0.3) is 0 Å². The fourth-order valence-electron chi connectivity index (χ4n) is 1.76. The van der Waals surface area contributed by atoms with Crippen LogP contribution in [0.1, 0.15) is 11.1 Å². The molecular formula is C15H14N2. The maximum absolute atomic E-state index is 4.68. The van der Waals surface area contributed by atoms with E-state index in [0.29, 0.717) is 0 Å². The van der Waals surface area contributed by atoms with Crippen LogP contribution in [-0.2, 0) is 0 Å². The van der Waals surface area contributed by atoms with Crippen LogP contribution >= 0.6 is 0 Å². The Bertz CT molecular complexity index is 472. The molecule has 1 saturated heterocycles. The van der Waals surface area contributed by atoms with E-state index < -0.39 is 0 Å². The van der Waals surface area contributed by atoms with Crippen LogP contribution in [0.4, 0.5) is 0 Å². The van der Waals surface area contributed by atoms with Crippen LogP contribution in [0.2, 0.25) is 0 Å². The first kappa shape index (κ1) is 10.1. The Morgan fingerprint density at radius 1 is 0.765 bits per heavy atom. The summed E-state index contributed by atoms with van der Waals surface area (Å²) in [6, 6.07) is 20.7. The molecule has 0 N–H and O–H groups in total. The number of nitrogens with zero attached hydrogens (tertiary/aromatic N) is 2. The third-order valence-electron chi connectivity index (χ3n) is 2.76. The van der Waals surface area contributed by atoms with Crippen molar-refractivity contribution in [2.45, 2.75) is 0 Å². The first-order chi connectivity index (χ1) is 8.43.